The van der Waals surface area contributed by atoms with Gasteiger partial charge in [0, 0.05) is 18.0 Å². The third kappa shape index (κ3) is 3.12. The molecule has 0 saturated carbocycles. The molecule has 130 valence electrons. The van der Waals surface area contributed by atoms with Crippen molar-refractivity contribution >= 4 is 19.0 Å². The Kier molecular flexibility index (Phi) is 5.50. The van der Waals surface area contributed by atoms with Gasteiger partial charge in [0.25, 0.3) is 0 Å². The molecule has 24 heavy (non-hydrogen) atoms. The number of rotatable bonds is 4. The highest BCUT2D eigenvalue weighted by Crippen LogP contribution is 2.40. The average Bonchev–Trinajstić information content (AvgIpc) is 2.82. The molecule has 2 aromatic rings. The van der Waals surface area contributed by atoms with Gasteiger partial charge in [0.15, 0.2) is 0 Å². The maximum absolute atomic E-state index is 5.34. The zero-order valence-corrected chi connectivity index (χ0v) is 17.4. The molecule has 0 fully saturated rings. The molecule has 0 N–H and O–H groups in total. The van der Waals surface area contributed by atoms with Gasteiger partial charge >= 0.3 is 0 Å². The highest BCUT2D eigenvalue weighted by atomic mass is 28.3. The van der Waals surface area contributed by atoms with Crippen LogP contribution in [0.1, 0.15) is 47.2 Å². The van der Waals surface area contributed by atoms with E-state index >= 15 is 0 Å². The molecule has 0 radical (unpaired) electrons. The van der Waals surface area contributed by atoms with Crippen LogP contribution in [0.5, 0.6) is 5.75 Å². The molecule has 2 rings (SSSR count). The van der Waals surface area contributed by atoms with E-state index in [9.17, 15) is 0 Å². The molecule has 0 spiro atoms. The molecule has 1 aromatic heterocycles. The van der Waals surface area contributed by atoms with E-state index in [4.69, 9.17) is 4.74 Å². The van der Waals surface area contributed by atoms with Crippen LogP contribution in [0.25, 0.3) is 10.9 Å². The first kappa shape index (κ1) is 18.7. The Morgan fingerprint density at radius 3 is 2.04 bits per heavy atom. The quantitative estimate of drug-likeness (QED) is 0.509. The smallest absolute Gasteiger partial charge is 0.146 e. The molecular formula is C21H31NOSi. The van der Waals surface area contributed by atoms with Crippen molar-refractivity contribution < 1.29 is 4.74 Å². The first-order chi connectivity index (χ1) is 11.2. The van der Waals surface area contributed by atoms with E-state index < -0.39 is 8.07 Å². The summed E-state index contributed by atoms with van der Waals surface area (Å²) in [7, 11) is 2.11. The van der Waals surface area contributed by atoms with E-state index in [0.29, 0.717) is 16.6 Å². The van der Waals surface area contributed by atoms with E-state index in [1.807, 2.05) is 6.07 Å². The van der Waals surface area contributed by atoms with Gasteiger partial charge in [-0.25, -0.2) is 0 Å². The lowest BCUT2D eigenvalue weighted by Crippen LogP contribution is -2.43. The maximum atomic E-state index is 5.34. The minimum absolute atomic E-state index is 0.653. The number of nitrogens with zero attached hydrogens (tertiary/aromatic N) is 1. The summed E-state index contributed by atoms with van der Waals surface area (Å²) in [6.45, 7) is 14.1. The van der Waals surface area contributed by atoms with Crippen LogP contribution in [0.15, 0.2) is 24.3 Å². The molecule has 0 aliphatic heterocycles. The lowest BCUT2D eigenvalue weighted by atomic mass is 10.2. The number of aryl methyl sites for hydroxylation is 1. The van der Waals surface area contributed by atoms with Crippen LogP contribution in [0.4, 0.5) is 0 Å². The second kappa shape index (κ2) is 7.07. The lowest BCUT2D eigenvalue weighted by molar-refractivity contribution is 0.415. The van der Waals surface area contributed by atoms with Gasteiger partial charge in [-0.2, -0.15) is 0 Å². The zero-order valence-electron chi connectivity index (χ0n) is 16.4. The van der Waals surface area contributed by atoms with Gasteiger partial charge in [-0.05, 0) is 40.9 Å². The van der Waals surface area contributed by atoms with Gasteiger partial charge in [0.1, 0.15) is 13.8 Å². The van der Waals surface area contributed by atoms with Crippen molar-refractivity contribution in [2.75, 3.05) is 7.11 Å². The molecule has 1 aromatic carbocycles. The summed E-state index contributed by atoms with van der Waals surface area (Å²) in [5, 5.41) is 1.19. The molecule has 3 heteroatoms. The molecular weight excluding hydrogens is 310 g/mol. The third-order valence-electron chi connectivity index (χ3n) is 5.52. The van der Waals surface area contributed by atoms with Gasteiger partial charge in [-0.1, -0.05) is 47.5 Å². The van der Waals surface area contributed by atoms with E-state index in [0.717, 1.165) is 11.4 Å². The van der Waals surface area contributed by atoms with Crippen molar-refractivity contribution in [1.29, 1.82) is 0 Å². The van der Waals surface area contributed by atoms with Crippen LogP contribution in [0.3, 0.4) is 0 Å². The average molecular weight is 342 g/mol. The van der Waals surface area contributed by atoms with Crippen molar-refractivity contribution in [2.45, 2.75) is 58.2 Å². The minimum atomic E-state index is -1.70. The predicted molar refractivity (Wildman–Crippen MR) is 107 cm³/mol. The molecule has 1 heterocycles. The number of fused-ring (bicyclic) bond motifs is 1. The Bertz CT molecular complexity index is 752. The molecule has 0 aliphatic carbocycles. The normalized spacial score (nSPS) is 12.1. The number of methoxy groups -OCH3 is 1. The second-order valence-corrected chi connectivity index (χ2v) is 13.2. The second-order valence-electron chi connectivity index (χ2n) is 7.66. The fourth-order valence-electron chi connectivity index (χ4n) is 4.18. The number of benzene rings is 1. The number of ether oxygens (including phenoxy) is 1. The third-order valence-corrected chi connectivity index (χ3v) is 11.8. The standard InChI is InChI=1S/C21H31NOSi/c1-15(2)24(16(3)4,17(5)6)12-11-19-13-18-14-20(23-8)9-10-21(18)22(19)7/h9-10,13-17H,1-8H3. The SMILES string of the molecule is COc1ccc2c(c1)cc(C#C[Si](C(C)C)(C(C)C)C(C)C)n2C. The van der Waals surface area contributed by atoms with Gasteiger partial charge in [-0.15, -0.1) is 5.54 Å². The van der Waals surface area contributed by atoms with Crippen LogP contribution >= 0.6 is 0 Å². The van der Waals surface area contributed by atoms with Gasteiger partial charge in [0.05, 0.1) is 12.8 Å². The number of hydrogen-bond donors (Lipinski definition) is 0. The first-order valence-electron chi connectivity index (χ1n) is 8.90. The largest absolute Gasteiger partial charge is 0.497 e. The molecule has 0 aliphatic rings. The van der Waals surface area contributed by atoms with Crippen molar-refractivity contribution in [2.24, 2.45) is 7.05 Å². The summed E-state index contributed by atoms with van der Waals surface area (Å²) in [4.78, 5) is 0. The van der Waals surface area contributed by atoms with E-state index in [1.54, 1.807) is 7.11 Å². The molecule has 2 nitrogen and oxygen atoms in total. The number of aromatic nitrogens is 1. The van der Waals surface area contributed by atoms with Crippen molar-refractivity contribution in [3.8, 4) is 17.2 Å². The van der Waals surface area contributed by atoms with Gasteiger partial charge in [0.2, 0.25) is 0 Å². The Morgan fingerprint density at radius 1 is 0.958 bits per heavy atom. The Labute approximate surface area is 148 Å². The van der Waals surface area contributed by atoms with Crippen molar-refractivity contribution in [3.05, 3.63) is 30.0 Å². The fraction of sp³-hybridized carbons (Fsp3) is 0.524. The summed E-state index contributed by atoms with van der Waals surface area (Å²) in [6.07, 6.45) is 0. The summed E-state index contributed by atoms with van der Waals surface area (Å²) in [5.74, 6) is 4.45. The zero-order chi connectivity index (χ0) is 18.1. The van der Waals surface area contributed by atoms with Crippen LogP contribution < -0.4 is 4.74 Å². The summed E-state index contributed by atoms with van der Waals surface area (Å²) in [5.41, 5.74) is 8.07. The highest BCUT2D eigenvalue weighted by molar-refractivity contribution is 6.90. The molecule has 0 atom stereocenters. The lowest BCUT2D eigenvalue weighted by Gasteiger charge is -2.38. The maximum Gasteiger partial charge on any atom is 0.146 e. The predicted octanol–water partition coefficient (Wildman–Crippen LogP) is 5.76. The fourth-order valence-corrected chi connectivity index (χ4v) is 9.39. The van der Waals surface area contributed by atoms with Crippen LogP contribution in [-0.4, -0.2) is 19.8 Å². The minimum Gasteiger partial charge on any atom is -0.497 e. The van der Waals surface area contributed by atoms with Crippen LogP contribution in [-0.2, 0) is 7.05 Å². The summed E-state index contributed by atoms with van der Waals surface area (Å²) < 4.78 is 7.54. The van der Waals surface area contributed by atoms with E-state index in [1.165, 1.54) is 10.9 Å². The molecule has 0 unspecified atom stereocenters. The van der Waals surface area contributed by atoms with Gasteiger partial charge < -0.3 is 9.30 Å². The summed E-state index contributed by atoms with van der Waals surface area (Å²) >= 11 is 0. The highest BCUT2D eigenvalue weighted by Gasteiger charge is 2.41. The van der Waals surface area contributed by atoms with E-state index in [-0.39, 0.29) is 0 Å². The first-order valence-corrected chi connectivity index (χ1v) is 11.1. The molecule has 0 amide bonds. The van der Waals surface area contributed by atoms with Crippen molar-refractivity contribution in [1.82, 2.24) is 4.57 Å². The monoisotopic (exact) mass is 341 g/mol. The summed E-state index contributed by atoms with van der Waals surface area (Å²) in [6, 6.07) is 8.38. The number of hydrogen-bond acceptors (Lipinski definition) is 1. The van der Waals surface area contributed by atoms with E-state index in [2.05, 4.69) is 82.8 Å². The molecule has 0 saturated heterocycles. The Morgan fingerprint density at radius 2 is 1.54 bits per heavy atom. The van der Waals surface area contributed by atoms with Gasteiger partial charge in [-0.3, -0.25) is 0 Å². The van der Waals surface area contributed by atoms with Crippen LogP contribution in [0.2, 0.25) is 16.6 Å². The van der Waals surface area contributed by atoms with Crippen molar-refractivity contribution in [3.63, 3.8) is 0 Å². The molecule has 0 bridgehead atoms. The van der Waals surface area contributed by atoms with Crippen LogP contribution in [0, 0.1) is 11.5 Å². The topological polar surface area (TPSA) is 14.2 Å². The Balaban J connectivity index is 2.56. The Hall–Kier alpha value is -1.66.